The van der Waals surface area contributed by atoms with Gasteiger partial charge in [-0.3, -0.25) is 0 Å². The van der Waals surface area contributed by atoms with Crippen molar-refractivity contribution in [3.05, 3.63) is 29.3 Å². The van der Waals surface area contributed by atoms with E-state index in [1.54, 1.807) is 0 Å². The number of hydrogen-bond acceptors (Lipinski definition) is 3. The smallest absolute Gasteiger partial charge is 0.208 e. The fourth-order valence-corrected chi connectivity index (χ4v) is 2.94. The molecule has 1 aliphatic heterocycles. The van der Waals surface area contributed by atoms with E-state index in [-0.39, 0.29) is 6.04 Å². The lowest BCUT2D eigenvalue weighted by molar-refractivity contribution is 0.357. The van der Waals surface area contributed by atoms with Gasteiger partial charge in [-0.15, -0.1) is 0 Å². The van der Waals surface area contributed by atoms with Crippen LogP contribution in [-0.4, -0.2) is 27.3 Å². The van der Waals surface area contributed by atoms with E-state index in [0.717, 1.165) is 24.3 Å². The van der Waals surface area contributed by atoms with Crippen LogP contribution in [0.5, 0.6) is 5.75 Å². The van der Waals surface area contributed by atoms with Gasteiger partial charge in [-0.25, -0.2) is 13.1 Å². The van der Waals surface area contributed by atoms with Crippen LogP contribution in [0, 0.1) is 0 Å². The second-order valence-electron chi connectivity index (χ2n) is 4.54. The Bertz CT molecular complexity index is 510. The van der Waals surface area contributed by atoms with Crippen LogP contribution < -0.4 is 9.46 Å². The maximum absolute atomic E-state index is 11.1. The molecular formula is C12H17NO3S. The topological polar surface area (TPSA) is 55.4 Å². The molecule has 1 aromatic rings. The summed E-state index contributed by atoms with van der Waals surface area (Å²) < 4.78 is 30.2. The highest BCUT2D eigenvalue weighted by Crippen LogP contribution is 2.26. The molecule has 1 aliphatic rings. The summed E-state index contributed by atoms with van der Waals surface area (Å²) in [5.74, 6) is 0.956. The lowest BCUT2D eigenvalue weighted by Crippen LogP contribution is -2.33. The third kappa shape index (κ3) is 3.44. The van der Waals surface area contributed by atoms with Crippen molar-refractivity contribution in [1.29, 1.82) is 0 Å². The maximum Gasteiger partial charge on any atom is 0.208 e. The van der Waals surface area contributed by atoms with E-state index in [9.17, 15) is 8.42 Å². The van der Waals surface area contributed by atoms with Crippen molar-refractivity contribution in [2.24, 2.45) is 0 Å². The molecule has 5 heteroatoms. The fraction of sp³-hybridized carbons (Fsp3) is 0.500. The molecule has 0 bridgehead atoms. The molecule has 1 N–H and O–H groups in total. The van der Waals surface area contributed by atoms with Gasteiger partial charge in [0.05, 0.1) is 12.9 Å². The SMILES string of the molecule is C[C@@H](Cc1ccc2c(c1)CCO2)NS(C)(=O)=O. The molecular weight excluding hydrogens is 238 g/mol. The molecule has 1 heterocycles. The first kappa shape index (κ1) is 12.4. The van der Waals surface area contributed by atoms with E-state index in [1.807, 2.05) is 19.1 Å². The number of benzene rings is 1. The highest BCUT2D eigenvalue weighted by molar-refractivity contribution is 7.88. The van der Waals surface area contributed by atoms with Crippen LogP contribution in [0.2, 0.25) is 0 Å². The van der Waals surface area contributed by atoms with Crippen molar-refractivity contribution in [3.63, 3.8) is 0 Å². The zero-order chi connectivity index (χ0) is 12.5. The molecule has 0 amide bonds. The third-order valence-corrected chi connectivity index (χ3v) is 3.54. The zero-order valence-electron chi connectivity index (χ0n) is 10.1. The maximum atomic E-state index is 11.1. The molecule has 1 aromatic carbocycles. The average Bonchev–Trinajstić information content (AvgIpc) is 2.61. The molecule has 2 rings (SSSR count). The second kappa shape index (κ2) is 4.66. The predicted molar refractivity (Wildman–Crippen MR) is 66.8 cm³/mol. The first-order valence-corrected chi connectivity index (χ1v) is 7.55. The summed E-state index contributed by atoms with van der Waals surface area (Å²) in [6.45, 7) is 2.61. The first-order chi connectivity index (χ1) is 7.94. The molecule has 4 nitrogen and oxygen atoms in total. The number of sulfonamides is 1. The van der Waals surface area contributed by atoms with Gasteiger partial charge in [-0.05, 0) is 30.5 Å². The van der Waals surface area contributed by atoms with Crippen molar-refractivity contribution in [2.45, 2.75) is 25.8 Å². The second-order valence-corrected chi connectivity index (χ2v) is 6.32. The highest BCUT2D eigenvalue weighted by Gasteiger charge is 2.14. The van der Waals surface area contributed by atoms with Crippen LogP contribution in [0.25, 0.3) is 0 Å². The summed E-state index contributed by atoms with van der Waals surface area (Å²) in [7, 11) is -3.13. The summed E-state index contributed by atoms with van der Waals surface area (Å²) >= 11 is 0. The van der Waals surface area contributed by atoms with Crippen molar-refractivity contribution >= 4 is 10.0 Å². The van der Waals surface area contributed by atoms with E-state index in [1.165, 1.54) is 11.8 Å². The zero-order valence-corrected chi connectivity index (χ0v) is 10.9. The number of nitrogens with one attached hydrogen (secondary N) is 1. The Hall–Kier alpha value is -1.07. The van der Waals surface area contributed by atoms with Gasteiger partial charge in [0.1, 0.15) is 5.75 Å². The van der Waals surface area contributed by atoms with Crippen LogP contribution in [0.3, 0.4) is 0 Å². The first-order valence-electron chi connectivity index (χ1n) is 5.66. The van der Waals surface area contributed by atoms with Crippen molar-refractivity contribution in [2.75, 3.05) is 12.9 Å². The van der Waals surface area contributed by atoms with Gasteiger partial charge in [0.15, 0.2) is 0 Å². The summed E-state index contributed by atoms with van der Waals surface area (Å²) in [5.41, 5.74) is 2.35. The number of fused-ring (bicyclic) bond motifs is 1. The number of hydrogen-bond donors (Lipinski definition) is 1. The Morgan fingerprint density at radius 1 is 1.47 bits per heavy atom. The average molecular weight is 255 g/mol. The van der Waals surface area contributed by atoms with E-state index in [4.69, 9.17) is 4.74 Å². The minimum Gasteiger partial charge on any atom is -0.493 e. The molecule has 0 spiro atoms. The van der Waals surface area contributed by atoms with Gasteiger partial charge in [0.2, 0.25) is 10.0 Å². The number of rotatable bonds is 4. The van der Waals surface area contributed by atoms with E-state index in [2.05, 4.69) is 10.8 Å². The summed E-state index contributed by atoms with van der Waals surface area (Å²) in [6, 6.07) is 5.96. The van der Waals surface area contributed by atoms with Gasteiger partial charge < -0.3 is 4.74 Å². The van der Waals surface area contributed by atoms with Gasteiger partial charge >= 0.3 is 0 Å². The minimum atomic E-state index is -3.13. The van der Waals surface area contributed by atoms with Crippen molar-refractivity contribution in [3.8, 4) is 5.75 Å². The third-order valence-electron chi connectivity index (χ3n) is 2.71. The van der Waals surface area contributed by atoms with E-state index >= 15 is 0 Å². The lowest BCUT2D eigenvalue weighted by Gasteiger charge is -2.12. The summed E-state index contributed by atoms with van der Waals surface area (Å²) in [5, 5.41) is 0. The molecule has 0 saturated heterocycles. The van der Waals surface area contributed by atoms with Crippen LogP contribution in [0.4, 0.5) is 0 Å². The minimum absolute atomic E-state index is 0.0922. The van der Waals surface area contributed by atoms with Gasteiger partial charge in [0.25, 0.3) is 0 Å². The Morgan fingerprint density at radius 3 is 2.94 bits per heavy atom. The lowest BCUT2D eigenvalue weighted by atomic mass is 10.0. The quantitative estimate of drug-likeness (QED) is 0.876. The standard InChI is InChI=1S/C12H17NO3S/c1-9(13-17(2,14)15)7-10-3-4-12-11(8-10)5-6-16-12/h3-4,8-9,13H,5-7H2,1-2H3/t9-/m0/s1. The van der Waals surface area contributed by atoms with E-state index in [0.29, 0.717) is 6.42 Å². The van der Waals surface area contributed by atoms with Crippen molar-refractivity contribution < 1.29 is 13.2 Å². The molecule has 94 valence electrons. The van der Waals surface area contributed by atoms with Crippen LogP contribution in [0.1, 0.15) is 18.1 Å². The van der Waals surface area contributed by atoms with Gasteiger partial charge in [0, 0.05) is 12.5 Å². The molecule has 0 aliphatic carbocycles. The molecule has 17 heavy (non-hydrogen) atoms. The monoisotopic (exact) mass is 255 g/mol. The Labute approximate surface area is 102 Å². The largest absolute Gasteiger partial charge is 0.493 e. The molecule has 0 saturated carbocycles. The van der Waals surface area contributed by atoms with Crippen LogP contribution in [0.15, 0.2) is 18.2 Å². The highest BCUT2D eigenvalue weighted by atomic mass is 32.2. The summed E-state index contributed by atoms with van der Waals surface area (Å²) in [4.78, 5) is 0. The van der Waals surface area contributed by atoms with Crippen LogP contribution in [-0.2, 0) is 22.9 Å². The Kier molecular flexibility index (Phi) is 3.40. The molecule has 0 aromatic heterocycles. The molecule has 0 radical (unpaired) electrons. The summed E-state index contributed by atoms with van der Waals surface area (Å²) in [6.07, 6.45) is 2.82. The normalized spacial score (nSPS) is 16.4. The molecule has 0 fully saturated rings. The molecule has 1 atom stereocenters. The fourth-order valence-electron chi connectivity index (χ4n) is 2.13. The van der Waals surface area contributed by atoms with E-state index < -0.39 is 10.0 Å². The predicted octanol–water partition coefficient (Wildman–Crippen LogP) is 1.10. The Balaban J connectivity index is 2.04. The van der Waals surface area contributed by atoms with Gasteiger partial charge in [-0.2, -0.15) is 0 Å². The Morgan fingerprint density at radius 2 is 2.24 bits per heavy atom. The number of ether oxygens (including phenoxy) is 1. The van der Waals surface area contributed by atoms with Gasteiger partial charge in [-0.1, -0.05) is 12.1 Å². The van der Waals surface area contributed by atoms with Crippen molar-refractivity contribution in [1.82, 2.24) is 4.72 Å². The molecule has 0 unspecified atom stereocenters. The van der Waals surface area contributed by atoms with Crippen LogP contribution >= 0.6 is 0 Å².